The largest absolute Gasteiger partial charge is 0.493 e. The van der Waals surface area contributed by atoms with E-state index in [1.165, 1.54) is 57.7 Å². The summed E-state index contributed by atoms with van der Waals surface area (Å²) in [5, 5.41) is 13.4. The van der Waals surface area contributed by atoms with Crippen LogP contribution in [0.15, 0.2) is 59.1 Å². The van der Waals surface area contributed by atoms with Gasteiger partial charge in [0.2, 0.25) is 5.75 Å². The SMILES string of the molecule is COc1cc(C(=O)c2cc(Br)ccc2NC(=O)COc2ccc([N+](=O)[O-])cc2)cc(OC)c1OC. The van der Waals surface area contributed by atoms with Gasteiger partial charge in [0.15, 0.2) is 23.9 Å². The van der Waals surface area contributed by atoms with Gasteiger partial charge in [0, 0.05) is 27.7 Å². The summed E-state index contributed by atoms with van der Waals surface area (Å²) in [6, 6.07) is 13.2. The molecule has 0 saturated carbocycles. The van der Waals surface area contributed by atoms with E-state index in [0.717, 1.165) is 0 Å². The van der Waals surface area contributed by atoms with Crippen LogP contribution in [-0.2, 0) is 4.79 Å². The van der Waals surface area contributed by atoms with Crippen LogP contribution in [0.25, 0.3) is 0 Å². The van der Waals surface area contributed by atoms with E-state index in [2.05, 4.69) is 21.2 Å². The first-order valence-corrected chi connectivity index (χ1v) is 10.9. The van der Waals surface area contributed by atoms with E-state index >= 15 is 0 Å². The van der Waals surface area contributed by atoms with Crippen LogP contribution in [0.3, 0.4) is 0 Å². The monoisotopic (exact) mass is 544 g/mol. The zero-order chi connectivity index (χ0) is 25.5. The molecule has 0 aliphatic carbocycles. The zero-order valence-corrected chi connectivity index (χ0v) is 20.6. The predicted octanol–water partition coefficient (Wildman–Crippen LogP) is 4.63. The van der Waals surface area contributed by atoms with Crippen molar-refractivity contribution >= 4 is 39.0 Å². The van der Waals surface area contributed by atoms with Gasteiger partial charge in [-0.05, 0) is 42.5 Å². The van der Waals surface area contributed by atoms with E-state index < -0.39 is 16.6 Å². The van der Waals surface area contributed by atoms with Gasteiger partial charge in [-0.2, -0.15) is 0 Å². The van der Waals surface area contributed by atoms with E-state index in [1.807, 2.05) is 0 Å². The average molecular weight is 545 g/mol. The minimum absolute atomic E-state index is 0.0911. The third-order valence-electron chi connectivity index (χ3n) is 4.84. The van der Waals surface area contributed by atoms with Gasteiger partial charge in [0.1, 0.15) is 5.75 Å². The normalized spacial score (nSPS) is 10.3. The standard InChI is InChI=1S/C24H21BrN2O8/c1-32-20-10-14(11-21(33-2)24(20)34-3)23(29)18-12-15(25)4-9-19(18)26-22(28)13-35-17-7-5-16(6-8-17)27(30)31/h4-12H,13H2,1-3H3,(H,26,28). The number of hydrogen-bond acceptors (Lipinski definition) is 8. The van der Waals surface area contributed by atoms with Gasteiger partial charge in [-0.25, -0.2) is 0 Å². The van der Waals surface area contributed by atoms with Crippen LogP contribution < -0.4 is 24.3 Å². The van der Waals surface area contributed by atoms with Crippen molar-refractivity contribution in [3.8, 4) is 23.0 Å². The number of hydrogen-bond donors (Lipinski definition) is 1. The number of non-ortho nitro benzene ring substituents is 1. The van der Waals surface area contributed by atoms with Gasteiger partial charge >= 0.3 is 0 Å². The van der Waals surface area contributed by atoms with Gasteiger partial charge < -0.3 is 24.3 Å². The number of ether oxygens (including phenoxy) is 4. The van der Waals surface area contributed by atoms with Crippen LogP contribution in [-0.4, -0.2) is 44.6 Å². The number of nitrogens with zero attached hydrogens (tertiary/aromatic N) is 1. The summed E-state index contributed by atoms with van der Waals surface area (Å²) in [5.74, 6) is 0.342. The number of methoxy groups -OCH3 is 3. The number of benzene rings is 3. The minimum Gasteiger partial charge on any atom is -0.493 e. The van der Waals surface area contributed by atoms with Gasteiger partial charge in [-0.3, -0.25) is 19.7 Å². The molecule has 3 aromatic carbocycles. The number of amides is 1. The first-order chi connectivity index (χ1) is 16.8. The van der Waals surface area contributed by atoms with E-state index in [1.54, 1.807) is 18.2 Å². The van der Waals surface area contributed by atoms with Crippen LogP contribution in [0.4, 0.5) is 11.4 Å². The van der Waals surface area contributed by atoms with Crippen molar-refractivity contribution < 1.29 is 33.5 Å². The van der Waals surface area contributed by atoms with E-state index in [-0.39, 0.29) is 34.9 Å². The number of ketones is 1. The second-order valence-electron chi connectivity index (χ2n) is 7.02. The Kier molecular flexibility index (Phi) is 8.26. The Morgan fingerprint density at radius 3 is 2.11 bits per heavy atom. The first-order valence-electron chi connectivity index (χ1n) is 10.1. The summed E-state index contributed by atoms with van der Waals surface area (Å²) in [4.78, 5) is 36.1. The van der Waals surface area contributed by atoms with Crippen LogP contribution in [0.2, 0.25) is 0 Å². The molecular weight excluding hydrogens is 524 g/mol. The fourth-order valence-corrected chi connectivity index (χ4v) is 3.54. The van der Waals surface area contributed by atoms with Gasteiger partial charge in [-0.1, -0.05) is 15.9 Å². The molecule has 0 radical (unpaired) electrons. The van der Waals surface area contributed by atoms with Crippen molar-refractivity contribution in [3.05, 3.63) is 80.3 Å². The molecule has 0 saturated heterocycles. The Morgan fingerprint density at radius 1 is 0.943 bits per heavy atom. The average Bonchev–Trinajstić information content (AvgIpc) is 2.87. The van der Waals surface area contributed by atoms with E-state index in [9.17, 15) is 19.7 Å². The third kappa shape index (κ3) is 6.07. The fraction of sp³-hybridized carbons (Fsp3) is 0.167. The maximum Gasteiger partial charge on any atom is 0.269 e. The number of halogens is 1. The maximum atomic E-state index is 13.4. The Bertz CT molecular complexity index is 1240. The number of anilines is 1. The van der Waals surface area contributed by atoms with Crippen LogP contribution in [0, 0.1) is 10.1 Å². The lowest BCUT2D eigenvalue weighted by atomic mass is 10.0. The molecular formula is C24H21BrN2O8. The predicted molar refractivity (Wildman–Crippen MR) is 131 cm³/mol. The lowest BCUT2D eigenvalue weighted by Crippen LogP contribution is -2.21. The number of rotatable bonds is 10. The topological polar surface area (TPSA) is 126 Å². The summed E-state index contributed by atoms with van der Waals surface area (Å²) in [7, 11) is 4.35. The molecule has 0 aliphatic rings. The van der Waals surface area contributed by atoms with E-state index in [0.29, 0.717) is 21.7 Å². The molecule has 3 rings (SSSR count). The third-order valence-corrected chi connectivity index (χ3v) is 5.34. The van der Waals surface area contributed by atoms with Crippen molar-refractivity contribution in [1.29, 1.82) is 0 Å². The highest BCUT2D eigenvalue weighted by Gasteiger charge is 2.21. The van der Waals surface area contributed by atoms with Crippen molar-refractivity contribution in [1.82, 2.24) is 0 Å². The van der Waals surface area contributed by atoms with Crippen molar-refractivity contribution in [3.63, 3.8) is 0 Å². The molecule has 0 unspecified atom stereocenters. The number of nitrogens with one attached hydrogen (secondary N) is 1. The zero-order valence-electron chi connectivity index (χ0n) is 19.0. The van der Waals surface area contributed by atoms with Crippen molar-refractivity contribution in [2.75, 3.05) is 33.3 Å². The van der Waals surface area contributed by atoms with Crippen molar-refractivity contribution in [2.45, 2.75) is 0 Å². The molecule has 0 spiro atoms. The molecule has 10 nitrogen and oxygen atoms in total. The molecule has 0 heterocycles. The number of nitro groups is 1. The summed E-state index contributed by atoms with van der Waals surface area (Å²) in [6.45, 7) is -0.369. The molecule has 0 aromatic heterocycles. The molecule has 0 aliphatic heterocycles. The summed E-state index contributed by atoms with van der Waals surface area (Å²) >= 11 is 3.35. The molecule has 35 heavy (non-hydrogen) atoms. The summed E-state index contributed by atoms with van der Waals surface area (Å²) in [6.07, 6.45) is 0. The molecule has 182 valence electrons. The minimum atomic E-state index is -0.531. The lowest BCUT2D eigenvalue weighted by molar-refractivity contribution is -0.384. The first kappa shape index (κ1) is 25.5. The Hall–Kier alpha value is -4.12. The fourth-order valence-electron chi connectivity index (χ4n) is 3.18. The second-order valence-corrected chi connectivity index (χ2v) is 7.94. The Balaban J connectivity index is 1.82. The molecule has 1 amide bonds. The smallest absolute Gasteiger partial charge is 0.269 e. The summed E-state index contributed by atoms with van der Waals surface area (Å²) < 4.78 is 22.0. The maximum absolute atomic E-state index is 13.4. The quantitative estimate of drug-likeness (QED) is 0.222. The van der Waals surface area contributed by atoms with Crippen molar-refractivity contribution in [2.24, 2.45) is 0 Å². The molecule has 0 bridgehead atoms. The van der Waals surface area contributed by atoms with Gasteiger partial charge in [-0.15, -0.1) is 0 Å². The molecule has 1 N–H and O–H groups in total. The Morgan fingerprint density at radius 2 is 1.57 bits per heavy atom. The number of carbonyl (C=O) groups is 2. The van der Waals surface area contributed by atoms with E-state index in [4.69, 9.17) is 18.9 Å². The molecule has 11 heteroatoms. The van der Waals surface area contributed by atoms with Gasteiger partial charge in [0.25, 0.3) is 11.6 Å². The lowest BCUT2D eigenvalue weighted by Gasteiger charge is -2.15. The highest BCUT2D eigenvalue weighted by Crippen LogP contribution is 2.39. The number of nitro benzene ring substituents is 1. The van der Waals surface area contributed by atoms with Crippen LogP contribution in [0.1, 0.15) is 15.9 Å². The van der Waals surface area contributed by atoms with Crippen LogP contribution in [0.5, 0.6) is 23.0 Å². The van der Waals surface area contributed by atoms with Gasteiger partial charge in [0.05, 0.1) is 31.9 Å². The highest BCUT2D eigenvalue weighted by molar-refractivity contribution is 9.10. The Labute approximate surface area is 209 Å². The van der Waals surface area contributed by atoms with Crippen LogP contribution >= 0.6 is 15.9 Å². The number of carbonyl (C=O) groups excluding carboxylic acids is 2. The summed E-state index contributed by atoms with van der Waals surface area (Å²) in [5.41, 5.74) is 0.656. The highest BCUT2D eigenvalue weighted by atomic mass is 79.9. The molecule has 3 aromatic rings. The molecule has 0 fully saturated rings. The molecule has 0 atom stereocenters. The second kappa shape index (κ2) is 11.3.